The van der Waals surface area contributed by atoms with E-state index in [9.17, 15) is 18.5 Å². The zero-order valence-electron chi connectivity index (χ0n) is 17.8. The molecule has 1 aromatic heterocycles. The summed E-state index contributed by atoms with van der Waals surface area (Å²) < 4.78 is 27.3. The van der Waals surface area contributed by atoms with Gasteiger partial charge in [-0.1, -0.05) is 42.8 Å². The Balaban J connectivity index is 1.51. The molecule has 0 spiro atoms. The summed E-state index contributed by atoms with van der Waals surface area (Å²) in [7, 11) is -3.62. The number of nitriles is 1. The smallest absolute Gasteiger partial charge is 0.266 e. The van der Waals surface area contributed by atoms with E-state index >= 15 is 0 Å². The number of hydrogen-bond donors (Lipinski definition) is 1. The maximum Gasteiger partial charge on any atom is 0.266 e. The van der Waals surface area contributed by atoms with Crippen LogP contribution < -0.4 is 5.32 Å². The highest BCUT2D eigenvalue weighted by molar-refractivity contribution is 7.89. The van der Waals surface area contributed by atoms with Crippen molar-refractivity contribution in [1.82, 2.24) is 9.29 Å². The van der Waals surface area contributed by atoms with Crippen molar-refractivity contribution >= 4 is 39.0 Å². The van der Waals surface area contributed by atoms with E-state index in [1.807, 2.05) is 41.8 Å². The number of nitrogens with one attached hydrogen (secondary N) is 1. The highest BCUT2D eigenvalue weighted by Crippen LogP contribution is 2.25. The Morgan fingerprint density at radius 3 is 2.58 bits per heavy atom. The van der Waals surface area contributed by atoms with Crippen molar-refractivity contribution in [3.05, 3.63) is 70.6 Å². The molecule has 1 saturated heterocycles. The summed E-state index contributed by atoms with van der Waals surface area (Å²) in [6.07, 6.45) is 4.14. The average Bonchev–Trinajstić information content (AvgIpc) is 3.32. The standard InChI is InChI=1S/C24H22N4O3S2/c25-16-19(14-23-27-22(17-32-23)18-8-3-1-4-9-18)24(29)26-20-10-7-11-21(15-20)33(30,31)28-12-5-2-6-13-28/h1,3-4,7-11,14-15,17H,2,5-6,12-13H2,(H,26,29)/b19-14-. The Bertz CT molecular complexity index is 1320. The van der Waals surface area contributed by atoms with E-state index in [1.165, 1.54) is 33.9 Å². The predicted octanol–water partition coefficient (Wildman–Crippen LogP) is 4.53. The maximum atomic E-state index is 12.9. The molecule has 7 nitrogen and oxygen atoms in total. The number of carbonyl (C=O) groups excluding carboxylic acids is 1. The quantitative estimate of drug-likeness (QED) is 0.414. The van der Waals surface area contributed by atoms with E-state index in [4.69, 9.17) is 0 Å². The van der Waals surface area contributed by atoms with E-state index in [2.05, 4.69) is 10.3 Å². The molecule has 0 atom stereocenters. The molecule has 0 unspecified atom stereocenters. The van der Waals surface area contributed by atoms with Crippen molar-refractivity contribution in [2.75, 3.05) is 18.4 Å². The Labute approximate surface area is 197 Å². The van der Waals surface area contributed by atoms with Crippen molar-refractivity contribution in [2.45, 2.75) is 24.2 Å². The van der Waals surface area contributed by atoms with Crippen LogP contribution in [-0.4, -0.2) is 36.7 Å². The van der Waals surface area contributed by atoms with Crippen molar-refractivity contribution in [1.29, 1.82) is 5.26 Å². The molecule has 1 amide bonds. The minimum absolute atomic E-state index is 0.117. The maximum absolute atomic E-state index is 12.9. The van der Waals surface area contributed by atoms with Crippen LogP contribution in [0.3, 0.4) is 0 Å². The topological polar surface area (TPSA) is 103 Å². The van der Waals surface area contributed by atoms with E-state index in [0.717, 1.165) is 30.5 Å². The lowest BCUT2D eigenvalue weighted by Gasteiger charge is -2.26. The first-order valence-electron chi connectivity index (χ1n) is 10.5. The van der Waals surface area contributed by atoms with E-state index < -0.39 is 15.9 Å². The van der Waals surface area contributed by atoms with Gasteiger partial charge in [-0.25, -0.2) is 13.4 Å². The summed E-state index contributed by atoms with van der Waals surface area (Å²) in [5.41, 5.74) is 1.90. The number of thiazole rings is 1. The summed E-state index contributed by atoms with van der Waals surface area (Å²) in [6.45, 7) is 0.998. The van der Waals surface area contributed by atoms with Gasteiger partial charge in [-0.2, -0.15) is 9.57 Å². The zero-order chi connectivity index (χ0) is 23.3. The lowest BCUT2D eigenvalue weighted by atomic mass is 10.2. The Hall–Kier alpha value is -3.32. The van der Waals surface area contributed by atoms with Crippen LogP contribution in [-0.2, 0) is 14.8 Å². The van der Waals surface area contributed by atoms with Gasteiger partial charge >= 0.3 is 0 Å². The van der Waals surface area contributed by atoms with Crippen LogP contribution in [0.2, 0.25) is 0 Å². The lowest BCUT2D eigenvalue weighted by molar-refractivity contribution is -0.112. The summed E-state index contributed by atoms with van der Waals surface area (Å²) >= 11 is 1.33. The van der Waals surface area contributed by atoms with Gasteiger partial charge in [0, 0.05) is 29.7 Å². The fourth-order valence-electron chi connectivity index (χ4n) is 3.55. The molecule has 1 aliphatic rings. The lowest BCUT2D eigenvalue weighted by Crippen LogP contribution is -2.35. The number of piperidine rings is 1. The first-order valence-corrected chi connectivity index (χ1v) is 12.8. The molecule has 0 aliphatic carbocycles. The minimum Gasteiger partial charge on any atom is -0.321 e. The summed E-state index contributed by atoms with van der Waals surface area (Å²) in [4.78, 5) is 17.3. The fraction of sp³-hybridized carbons (Fsp3) is 0.208. The SMILES string of the molecule is N#C/C(=C/c1nc(-c2ccccc2)cs1)C(=O)Nc1cccc(S(=O)(=O)N2CCCCC2)c1. The largest absolute Gasteiger partial charge is 0.321 e. The van der Waals surface area contributed by atoms with Crippen LogP contribution in [0.15, 0.2) is 70.4 Å². The minimum atomic E-state index is -3.62. The third kappa shape index (κ3) is 5.37. The Kier molecular flexibility index (Phi) is 6.99. The Morgan fingerprint density at radius 1 is 1.09 bits per heavy atom. The highest BCUT2D eigenvalue weighted by atomic mass is 32.2. The summed E-state index contributed by atoms with van der Waals surface area (Å²) in [5, 5.41) is 14.5. The number of nitrogens with zero attached hydrogens (tertiary/aromatic N) is 3. The van der Waals surface area contributed by atoms with Gasteiger partial charge in [-0.15, -0.1) is 11.3 Å². The van der Waals surface area contributed by atoms with Gasteiger partial charge in [-0.05, 0) is 37.1 Å². The third-order valence-corrected chi connectivity index (χ3v) is 7.96. The normalized spacial score (nSPS) is 15.1. The van der Waals surface area contributed by atoms with Crippen LogP contribution in [0.1, 0.15) is 24.3 Å². The molecular weight excluding hydrogens is 456 g/mol. The monoisotopic (exact) mass is 478 g/mol. The van der Waals surface area contributed by atoms with Gasteiger partial charge < -0.3 is 5.32 Å². The molecule has 9 heteroatoms. The van der Waals surface area contributed by atoms with E-state index in [1.54, 1.807) is 12.1 Å². The molecule has 1 fully saturated rings. The number of anilines is 1. The van der Waals surface area contributed by atoms with Gasteiger partial charge in [0.1, 0.15) is 16.6 Å². The molecular formula is C24H22N4O3S2. The summed E-state index contributed by atoms with van der Waals surface area (Å²) in [6, 6.07) is 17.6. The first-order chi connectivity index (χ1) is 16.0. The van der Waals surface area contributed by atoms with Crippen molar-refractivity contribution in [3.63, 3.8) is 0 Å². The van der Waals surface area contributed by atoms with Gasteiger partial charge in [0.25, 0.3) is 5.91 Å². The van der Waals surface area contributed by atoms with Gasteiger partial charge in [0.05, 0.1) is 10.6 Å². The Morgan fingerprint density at radius 2 is 1.85 bits per heavy atom. The number of benzene rings is 2. The van der Waals surface area contributed by atoms with Crippen LogP contribution >= 0.6 is 11.3 Å². The number of carbonyl (C=O) groups is 1. The van der Waals surface area contributed by atoms with Gasteiger partial charge in [0.2, 0.25) is 10.0 Å². The van der Waals surface area contributed by atoms with Crippen molar-refractivity contribution < 1.29 is 13.2 Å². The third-order valence-electron chi connectivity index (χ3n) is 5.27. The molecule has 1 N–H and O–H groups in total. The molecule has 0 radical (unpaired) electrons. The first kappa shape index (κ1) is 22.9. The fourth-order valence-corrected chi connectivity index (χ4v) is 5.88. The van der Waals surface area contributed by atoms with Crippen LogP contribution in [0.25, 0.3) is 17.3 Å². The predicted molar refractivity (Wildman–Crippen MR) is 129 cm³/mol. The number of sulfonamides is 1. The second-order valence-corrected chi connectivity index (χ2v) is 10.4. The molecule has 2 heterocycles. The zero-order valence-corrected chi connectivity index (χ0v) is 19.4. The molecule has 0 bridgehead atoms. The number of amides is 1. The van der Waals surface area contributed by atoms with Crippen LogP contribution in [0, 0.1) is 11.3 Å². The molecule has 4 rings (SSSR count). The number of aromatic nitrogens is 1. The van der Waals surface area contributed by atoms with E-state index in [0.29, 0.717) is 23.8 Å². The average molecular weight is 479 g/mol. The molecule has 168 valence electrons. The van der Waals surface area contributed by atoms with E-state index in [-0.39, 0.29) is 10.5 Å². The molecule has 1 aliphatic heterocycles. The van der Waals surface area contributed by atoms with Crippen molar-refractivity contribution in [2.24, 2.45) is 0 Å². The number of rotatable bonds is 6. The molecule has 0 saturated carbocycles. The molecule has 3 aromatic rings. The molecule has 2 aromatic carbocycles. The highest BCUT2D eigenvalue weighted by Gasteiger charge is 2.26. The van der Waals surface area contributed by atoms with Gasteiger partial charge in [-0.3, -0.25) is 4.79 Å². The summed E-state index contributed by atoms with van der Waals surface area (Å²) in [5.74, 6) is -0.624. The second-order valence-electron chi connectivity index (χ2n) is 7.55. The van der Waals surface area contributed by atoms with Crippen LogP contribution in [0.5, 0.6) is 0 Å². The van der Waals surface area contributed by atoms with Crippen LogP contribution in [0.4, 0.5) is 5.69 Å². The van der Waals surface area contributed by atoms with Gasteiger partial charge in [0.15, 0.2) is 0 Å². The number of hydrogen-bond acceptors (Lipinski definition) is 6. The molecule has 33 heavy (non-hydrogen) atoms. The second kappa shape index (κ2) is 10.1. The van der Waals surface area contributed by atoms with Crippen molar-refractivity contribution in [3.8, 4) is 17.3 Å².